The number of nitrogens with one attached hydrogen (secondary N) is 1. The average molecular weight is 384 g/mol. The maximum absolute atomic E-state index is 13.3. The molecule has 146 valence electrons. The highest BCUT2D eigenvalue weighted by Gasteiger charge is 2.41. The zero-order chi connectivity index (χ0) is 20.2. The van der Waals surface area contributed by atoms with Crippen LogP contribution in [0.25, 0.3) is 10.9 Å². The van der Waals surface area contributed by atoms with E-state index in [1.54, 1.807) is 7.11 Å². The molecule has 4 nitrogen and oxygen atoms in total. The second-order valence-corrected chi connectivity index (χ2v) is 8.73. The number of para-hydroxylation sites is 1. The second kappa shape index (κ2) is 6.45. The van der Waals surface area contributed by atoms with Gasteiger partial charge in [-0.1, -0.05) is 38.1 Å². The number of hydrogen-bond donors (Lipinski definition) is 1. The highest BCUT2D eigenvalue weighted by molar-refractivity contribution is 6.04. The average Bonchev–Trinajstić information content (AvgIpc) is 2.71. The number of hydrogen-bond acceptors (Lipinski definition) is 4. The van der Waals surface area contributed by atoms with Gasteiger partial charge in [0.1, 0.15) is 5.75 Å². The standard InChI is InChI=1S/C25H24N2O2/c1-25(2)13-19-23(20(28)14-25)22(16-7-4-5-9-21(16)29-3)17-10-11-18-15(24(17)27-19)8-6-12-26-18/h4-12,22,27H,13-14H2,1-3H3. The number of benzene rings is 2. The van der Waals surface area contributed by atoms with E-state index in [4.69, 9.17) is 4.74 Å². The normalized spacial score (nSPS) is 20.1. The molecule has 1 aliphatic carbocycles. The van der Waals surface area contributed by atoms with Crippen molar-refractivity contribution in [1.29, 1.82) is 0 Å². The topological polar surface area (TPSA) is 51.2 Å². The molecule has 3 aromatic rings. The number of aromatic nitrogens is 1. The summed E-state index contributed by atoms with van der Waals surface area (Å²) < 4.78 is 5.69. The van der Waals surface area contributed by atoms with E-state index in [9.17, 15) is 4.79 Å². The maximum Gasteiger partial charge on any atom is 0.162 e. The Kier molecular flexibility index (Phi) is 3.98. The van der Waals surface area contributed by atoms with Crippen LogP contribution < -0.4 is 10.1 Å². The minimum absolute atomic E-state index is 0.0609. The minimum Gasteiger partial charge on any atom is -0.496 e. The van der Waals surface area contributed by atoms with Crippen molar-refractivity contribution in [2.75, 3.05) is 12.4 Å². The molecule has 1 atom stereocenters. The van der Waals surface area contributed by atoms with Crippen molar-refractivity contribution >= 4 is 22.4 Å². The van der Waals surface area contributed by atoms with Crippen LogP contribution in [0.2, 0.25) is 0 Å². The molecule has 0 spiro atoms. The van der Waals surface area contributed by atoms with Gasteiger partial charge in [-0.3, -0.25) is 9.78 Å². The van der Waals surface area contributed by atoms with Gasteiger partial charge in [0.05, 0.1) is 18.3 Å². The van der Waals surface area contributed by atoms with Gasteiger partial charge in [-0.2, -0.15) is 0 Å². The molecule has 29 heavy (non-hydrogen) atoms. The first-order chi connectivity index (χ1) is 14.0. The summed E-state index contributed by atoms with van der Waals surface area (Å²) in [7, 11) is 1.69. The molecular weight excluding hydrogens is 360 g/mol. The number of fused-ring (bicyclic) bond motifs is 3. The fourth-order valence-electron chi connectivity index (χ4n) is 4.86. The summed E-state index contributed by atoms with van der Waals surface area (Å²) in [6.07, 6.45) is 3.21. The molecule has 1 aromatic heterocycles. The Bertz CT molecular complexity index is 1180. The van der Waals surface area contributed by atoms with Crippen molar-refractivity contribution in [3.63, 3.8) is 0 Å². The zero-order valence-corrected chi connectivity index (χ0v) is 17.0. The van der Waals surface area contributed by atoms with E-state index in [-0.39, 0.29) is 17.1 Å². The Morgan fingerprint density at radius 2 is 1.86 bits per heavy atom. The van der Waals surface area contributed by atoms with Gasteiger partial charge in [0.15, 0.2) is 5.78 Å². The molecule has 0 bridgehead atoms. The molecule has 4 heteroatoms. The quantitative estimate of drug-likeness (QED) is 0.639. The van der Waals surface area contributed by atoms with Crippen LogP contribution in [0.5, 0.6) is 5.75 Å². The number of nitrogens with zero attached hydrogens (tertiary/aromatic N) is 1. The molecule has 1 unspecified atom stereocenters. The van der Waals surface area contributed by atoms with Crippen molar-refractivity contribution in [1.82, 2.24) is 4.98 Å². The number of ketones is 1. The Hall–Kier alpha value is -3.14. The number of ether oxygens (including phenoxy) is 1. The number of methoxy groups -OCH3 is 1. The number of carbonyl (C=O) groups is 1. The van der Waals surface area contributed by atoms with E-state index >= 15 is 0 Å². The van der Waals surface area contributed by atoms with Gasteiger partial charge in [-0.25, -0.2) is 0 Å². The lowest BCUT2D eigenvalue weighted by Gasteiger charge is -2.40. The minimum atomic E-state index is -0.148. The van der Waals surface area contributed by atoms with Gasteiger partial charge >= 0.3 is 0 Å². The molecule has 0 fully saturated rings. The van der Waals surface area contributed by atoms with Crippen LogP contribution in [0.3, 0.4) is 0 Å². The summed E-state index contributed by atoms with van der Waals surface area (Å²) in [5.74, 6) is 0.878. The summed E-state index contributed by atoms with van der Waals surface area (Å²) in [6.45, 7) is 4.32. The molecule has 0 radical (unpaired) electrons. The lowest BCUT2D eigenvalue weighted by atomic mass is 9.68. The van der Waals surface area contributed by atoms with Crippen LogP contribution in [0.1, 0.15) is 43.7 Å². The van der Waals surface area contributed by atoms with E-state index in [1.165, 1.54) is 0 Å². The summed E-state index contributed by atoms with van der Waals surface area (Å²) in [5, 5.41) is 4.72. The number of pyridine rings is 1. The monoisotopic (exact) mass is 384 g/mol. The molecule has 5 rings (SSSR count). The fourth-order valence-corrected chi connectivity index (χ4v) is 4.86. The molecule has 0 saturated carbocycles. The molecule has 2 aromatic carbocycles. The fraction of sp³-hybridized carbons (Fsp3) is 0.280. The number of allylic oxidation sites excluding steroid dienone is 2. The van der Waals surface area contributed by atoms with E-state index in [0.29, 0.717) is 6.42 Å². The Morgan fingerprint density at radius 3 is 2.69 bits per heavy atom. The van der Waals surface area contributed by atoms with Crippen LogP contribution in [0.15, 0.2) is 66.0 Å². The van der Waals surface area contributed by atoms with E-state index in [0.717, 1.165) is 51.2 Å². The molecule has 1 aliphatic heterocycles. The predicted octanol–water partition coefficient (Wildman–Crippen LogP) is 5.44. The van der Waals surface area contributed by atoms with Crippen LogP contribution in [-0.2, 0) is 4.79 Å². The number of rotatable bonds is 2. The zero-order valence-electron chi connectivity index (χ0n) is 17.0. The van der Waals surface area contributed by atoms with E-state index in [2.05, 4.69) is 42.3 Å². The van der Waals surface area contributed by atoms with Crippen LogP contribution >= 0.6 is 0 Å². The first-order valence-corrected chi connectivity index (χ1v) is 10.0. The third-order valence-electron chi connectivity index (χ3n) is 6.06. The second-order valence-electron chi connectivity index (χ2n) is 8.73. The summed E-state index contributed by atoms with van der Waals surface area (Å²) in [6, 6.07) is 16.2. The summed E-state index contributed by atoms with van der Waals surface area (Å²) in [4.78, 5) is 17.9. The predicted molar refractivity (Wildman–Crippen MR) is 115 cm³/mol. The van der Waals surface area contributed by atoms with Crippen LogP contribution in [0.4, 0.5) is 5.69 Å². The number of anilines is 1. The van der Waals surface area contributed by atoms with Gasteiger partial charge in [-0.15, -0.1) is 0 Å². The Morgan fingerprint density at radius 1 is 1.03 bits per heavy atom. The van der Waals surface area contributed by atoms with Crippen molar-refractivity contribution in [2.24, 2.45) is 5.41 Å². The molecule has 1 N–H and O–H groups in total. The highest BCUT2D eigenvalue weighted by atomic mass is 16.5. The Balaban J connectivity index is 1.82. The third-order valence-corrected chi connectivity index (χ3v) is 6.06. The van der Waals surface area contributed by atoms with Gasteiger partial charge < -0.3 is 10.1 Å². The summed E-state index contributed by atoms with van der Waals surface area (Å²) in [5.41, 5.74) is 5.98. The third kappa shape index (κ3) is 2.82. The molecule has 0 saturated heterocycles. The molecule has 2 aliphatic rings. The van der Waals surface area contributed by atoms with Gasteiger partial charge in [-0.05, 0) is 41.7 Å². The van der Waals surface area contributed by atoms with Gasteiger partial charge in [0.25, 0.3) is 0 Å². The van der Waals surface area contributed by atoms with Gasteiger partial charge in [0, 0.05) is 40.8 Å². The van der Waals surface area contributed by atoms with Gasteiger partial charge in [0.2, 0.25) is 0 Å². The van der Waals surface area contributed by atoms with Crippen molar-refractivity contribution in [3.05, 3.63) is 77.1 Å². The molecular formula is C25H24N2O2. The smallest absolute Gasteiger partial charge is 0.162 e. The largest absolute Gasteiger partial charge is 0.496 e. The van der Waals surface area contributed by atoms with Crippen LogP contribution in [0, 0.1) is 5.41 Å². The number of Topliss-reactive ketones (excluding diaryl/α,β-unsaturated/α-hetero) is 1. The number of carbonyl (C=O) groups excluding carboxylic acids is 1. The first-order valence-electron chi connectivity index (χ1n) is 10.0. The lowest BCUT2D eigenvalue weighted by Crippen LogP contribution is -2.34. The maximum atomic E-state index is 13.3. The Labute approximate surface area is 170 Å². The van der Waals surface area contributed by atoms with Crippen molar-refractivity contribution in [2.45, 2.75) is 32.6 Å². The SMILES string of the molecule is COc1ccccc1C1C2=C(CC(C)(C)CC2=O)Nc2c1ccc1ncccc21. The van der Waals surface area contributed by atoms with E-state index < -0.39 is 0 Å². The molecule has 2 heterocycles. The first kappa shape index (κ1) is 17.9. The lowest BCUT2D eigenvalue weighted by molar-refractivity contribution is -0.118. The summed E-state index contributed by atoms with van der Waals surface area (Å²) >= 11 is 0. The van der Waals surface area contributed by atoms with Crippen LogP contribution in [-0.4, -0.2) is 17.9 Å². The highest BCUT2D eigenvalue weighted by Crippen LogP contribution is 2.51. The van der Waals surface area contributed by atoms with Crippen molar-refractivity contribution in [3.8, 4) is 5.75 Å². The van der Waals surface area contributed by atoms with Crippen molar-refractivity contribution < 1.29 is 9.53 Å². The molecule has 0 amide bonds. The van der Waals surface area contributed by atoms with E-state index in [1.807, 2.05) is 36.5 Å².